The summed E-state index contributed by atoms with van der Waals surface area (Å²) in [4.78, 5) is 3.98. The fourth-order valence-electron chi connectivity index (χ4n) is 1.86. The van der Waals surface area contributed by atoms with Crippen LogP contribution < -0.4 is 4.74 Å². The van der Waals surface area contributed by atoms with Gasteiger partial charge in [0, 0.05) is 12.4 Å². The first-order chi connectivity index (χ1) is 9.29. The molecular formula is C16H16N2O. The molecule has 0 saturated heterocycles. The van der Waals surface area contributed by atoms with Crippen molar-refractivity contribution in [2.45, 2.75) is 19.8 Å². The van der Waals surface area contributed by atoms with Crippen LogP contribution in [0.3, 0.4) is 0 Å². The van der Waals surface area contributed by atoms with E-state index < -0.39 is 0 Å². The summed E-state index contributed by atoms with van der Waals surface area (Å²) < 4.78 is 5.67. The van der Waals surface area contributed by atoms with E-state index in [0.717, 1.165) is 18.4 Å². The summed E-state index contributed by atoms with van der Waals surface area (Å²) in [5.41, 5.74) is 2.92. The Balaban J connectivity index is 1.85. The molecule has 0 spiro atoms. The minimum absolute atomic E-state index is 0.601. The van der Waals surface area contributed by atoms with Crippen LogP contribution in [-0.4, -0.2) is 11.6 Å². The molecule has 1 heterocycles. The summed E-state index contributed by atoms with van der Waals surface area (Å²) in [5, 5.41) is 9.04. The Morgan fingerprint density at radius 3 is 2.74 bits per heavy atom. The summed E-state index contributed by atoms with van der Waals surface area (Å²) in [7, 11) is 0. The van der Waals surface area contributed by atoms with E-state index >= 15 is 0 Å². The lowest BCUT2D eigenvalue weighted by molar-refractivity contribution is 0.310. The van der Waals surface area contributed by atoms with Crippen molar-refractivity contribution < 1.29 is 4.74 Å². The van der Waals surface area contributed by atoms with E-state index in [2.05, 4.69) is 11.1 Å². The predicted molar refractivity (Wildman–Crippen MR) is 73.9 cm³/mol. The Labute approximate surface area is 113 Å². The first kappa shape index (κ1) is 13.1. The third-order valence-corrected chi connectivity index (χ3v) is 2.87. The van der Waals surface area contributed by atoms with Gasteiger partial charge >= 0.3 is 0 Å². The number of hydrogen-bond donors (Lipinski definition) is 0. The van der Waals surface area contributed by atoms with E-state index in [0.29, 0.717) is 17.9 Å². The van der Waals surface area contributed by atoms with E-state index in [4.69, 9.17) is 10.00 Å². The zero-order chi connectivity index (χ0) is 13.5. The normalized spacial score (nSPS) is 9.89. The van der Waals surface area contributed by atoms with Gasteiger partial charge in [0.1, 0.15) is 11.8 Å². The van der Waals surface area contributed by atoms with Crippen molar-refractivity contribution in [1.82, 2.24) is 4.98 Å². The molecule has 0 aliphatic rings. The van der Waals surface area contributed by atoms with Crippen molar-refractivity contribution in [1.29, 1.82) is 5.26 Å². The number of pyridine rings is 1. The molecule has 0 aliphatic carbocycles. The zero-order valence-corrected chi connectivity index (χ0v) is 11.0. The second-order valence-electron chi connectivity index (χ2n) is 4.42. The second kappa shape index (κ2) is 6.55. The molecule has 2 aromatic rings. The number of nitriles is 1. The molecule has 0 aliphatic heterocycles. The van der Waals surface area contributed by atoms with Crippen LogP contribution in [0.4, 0.5) is 0 Å². The highest BCUT2D eigenvalue weighted by Crippen LogP contribution is 2.19. The molecule has 0 unspecified atom stereocenters. The number of hydrogen-bond acceptors (Lipinski definition) is 3. The van der Waals surface area contributed by atoms with Crippen molar-refractivity contribution in [3.05, 3.63) is 59.4 Å². The van der Waals surface area contributed by atoms with Gasteiger partial charge < -0.3 is 4.74 Å². The first-order valence-electron chi connectivity index (χ1n) is 6.32. The van der Waals surface area contributed by atoms with Gasteiger partial charge in [-0.1, -0.05) is 6.07 Å². The van der Waals surface area contributed by atoms with Gasteiger partial charge in [0.15, 0.2) is 0 Å². The Kier molecular flexibility index (Phi) is 4.52. The fourth-order valence-corrected chi connectivity index (χ4v) is 1.86. The highest BCUT2D eigenvalue weighted by atomic mass is 16.5. The number of rotatable bonds is 5. The first-order valence-corrected chi connectivity index (χ1v) is 6.32. The maximum absolute atomic E-state index is 9.04. The molecule has 19 heavy (non-hydrogen) atoms. The van der Waals surface area contributed by atoms with E-state index in [1.807, 2.05) is 37.3 Å². The molecule has 1 aromatic heterocycles. The molecule has 0 saturated carbocycles. The van der Waals surface area contributed by atoms with Crippen molar-refractivity contribution in [2.75, 3.05) is 6.61 Å². The van der Waals surface area contributed by atoms with E-state index in [-0.39, 0.29) is 0 Å². The van der Waals surface area contributed by atoms with E-state index in [1.54, 1.807) is 12.4 Å². The average Bonchev–Trinajstić information content (AvgIpc) is 2.46. The second-order valence-corrected chi connectivity index (χ2v) is 4.42. The minimum atomic E-state index is 0.601. The van der Waals surface area contributed by atoms with Gasteiger partial charge in [-0.2, -0.15) is 5.26 Å². The molecule has 0 radical (unpaired) electrons. The van der Waals surface area contributed by atoms with Crippen molar-refractivity contribution >= 4 is 0 Å². The maximum atomic E-state index is 9.04. The molecular weight excluding hydrogens is 236 g/mol. The summed E-state index contributed by atoms with van der Waals surface area (Å²) in [6, 6.07) is 11.8. The number of aromatic nitrogens is 1. The predicted octanol–water partition coefficient (Wildman–Crippen LogP) is 3.27. The summed E-state index contributed by atoms with van der Waals surface area (Å²) >= 11 is 0. The summed E-state index contributed by atoms with van der Waals surface area (Å²) in [6.45, 7) is 2.58. The van der Waals surface area contributed by atoms with Gasteiger partial charge in [0.25, 0.3) is 0 Å². The Hall–Kier alpha value is -2.34. The third-order valence-electron chi connectivity index (χ3n) is 2.87. The van der Waals surface area contributed by atoms with Gasteiger partial charge in [0.05, 0.1) is 12.2 Å². The van der Waals surface area contributed by atoms with Crippen LogP contribution >= 0.6 is 0 Å². The molecule has 1 aromatic carbocycles. The van der Waals surface area contributed by atoms with Crippen LogP contribution in [0.15, 0.2) is 42.7 Å². The average molecular weight is 252 g/mol. The third kappa shape index (κ3) is 3.82. The number of benzene rings is 1. The summed E-state index contributed by atoms with van der Waals surface area (Å²) in [6.07, 6.45) is 5.47. The van der Waals surface area contributed by atoms with Crippen molar-refractivity contribution in [3.63, 3.8) is 0 Å². The highest BCUT2D eigenvalue weighted by molar-refractivity contribution is 5.45. The van der Waals surface area contributed by atoms with Crippen LogP contribution in [0.5, 0.6) is 5.75 Å². The Bertz CT molecular complexity index is 573. The molecule has 0 N–H and O–H groups in total. The highest BCUT2D eigenvalue weighted by Gasteiger charge is 2.03. The van der Waals surface area contributed by atoms with Gasteiger partial charge in [-0.15, -0.1) is 0 Å². The fraction of sp³-hybridized carbons (Fsp3) is 0.250. The molecule has 0 bridgehead atoms. The van der Waals surface area contributed by atoms with Crippen LogP contribution in [-0.2, 0) is 6.42 Å². The minimum Gasteiger partial charge on any atom is -0.492 e. The molecule has 0 amide bonds. The largest absolute Gasteiger partial charge is 0.492 e. The monoisotopic (exact) mass is 252 g/mol. The van der Waals surface area contributed by atoms with Gasteiger partial charge in [0.2, 0.25) is 0 Å². The number of nitrogens with zero attached hydrogens (tertiary/aromatic N) is 2. The lowest BCUT2D eigenvalue weighted by Crippen LogP contribution is -2.01. The standard InChI is InChI=1S/C16H16N2O/c1-13-4-5-16(15(11-13)12-17)19-10-2-3-14-6-8-18-9-7-14/h4-9,11H,2-3,10H2,1H3. The topological polar surface area (TPSA) is 45.9 Å². The molecule has 96 valence electrons. The van der Waals surface area contributed by atoms with Crippen LogP contribution in [0.2, 0.25) is 0 Å². The lowest BCUT2D eigenvalue weighted by atomic mass is 10.1. The van der Waals surface area contributed by atoms with Crippen LogP contribution in [0, 0.1) is 18.3 Å². The zero-order valence-electron chi connectivity index (χ0n) is 11.0. The van der Waals surface area contributed by atoms with E-state index in [9.17, 15) is 0 Å². The number of ether oxygens (including phenoxy) is 1. The Morgan fingerprint density at radius 1 is 1.21 bits per heavy atom. The molecule has 2 rings (SSSR count). The molecule has 3 nitrogen and oxygen atoms in total. The SMILES string of the molecule is Cc1ccc(OCCCc2ccncc2)c(C#N)c1. The molecule has 3 heteroatoms. The van der Waals surface area contributed by atoms with E-state index in [1.165, 1.54) is 5.56 Å². The summed E-state index contributed by atoms with van der Waals surface area (Å²) in [5.74, 6) is 0.669. The maximum Gasteiger partial charge on any atom is 0.137 e. The Morgan fingerprint density at radius 2 is 2.00 bits per heavy atom. The van der Waals surface area contributed by atoms with Crippen molar-refractivity contribution in [2.24, 2.45) is 0 Å². The molecule has 0 atom stereocenters. The van der Waals surface area contributed by atoms with Crippen LogP contribution in [0.25, 0.3) is 0 Å². The van der Waals surface area contributed by atoms with Gasteiger partial charge in [-0.05, 0) is 55.2 Å². The van der Waals surface area contributed by atoms with Gasteiger partial charge in [-0.3, -0.25) is 4.98 Å². The molecule has 0 fully saturated rings. The van der Waals surface area contributed by atoms with Crippen molar-refractivity contribution in [3.8, 4) is 11.8 Å². The van der Waals surface area contributed by atoms with Crippen LogP contribution in [0.1, 0.15) is 23.1 Å². The number of aryl methyl sites for hydroxylation is 2. The smallest absolute Gasteiger partial charge is 0.137 e. The van der Waals surface area contributed by atoms with Gasteiger partial charge in [-0.25, -0.2) is 0 Å². The quantitative estimate of drug-likeness (QED) is 0.767. The lowest BCUT2D eigenvalue weighted by Gasteiger charge is -2.08.